The zero-order valence-corrected chi connectivity index (χ0v) is 11.6. The number of halogens is 1. The van der Waals surface area contributed by atoms with Crippen LogP contribution in [0.3, 0.4) is 0 Å². The predicted octanol–water partition coefficient (Wildman–Crippen LogP) is 3.53. The van der Waals surface area contributed by atoms with Crippen molar-refractivity contribution in [1.82, 2.24) is 5.32 Å². The summed E-state index contributed by atoms with van der Waals surface area (Å²) in [5, 5.41) is 3.44. The molecule has 0 saturated carbocycles. The molecular weight excluding hydrogens is 266 g/mol. The van der Waals surface area contributed by atoms with Crippen molar-refractivity contribution < 1.29 is 4.74 Å². The van der Waals surface area contributed by atoms with Gasteiger partial charge in [-0.15, -0.1) is 0 Å². The maximum absolute atomic E-state index is 5.42. The largest absolute Gasteiger partial charge is 0.380 e. The Balaban J connectivity index is 2.24. The van der Waals surface area contributed by atoms with E-state index in [0.717, 1.165) is 30.7 Å². The Morgan fingerprint density at radius 2 is 1.94 bits per heavy atom. The first-order valence-corrected chi connectivity index (χ1v) is 6.60. The normalized spacial score (nSPS) is 12.7. The van der Waals surface area contributed by atoms with Crippen molar-refractivity contribution in [3.05, 3.63) is 34.3 Å². The molecule has 1 aromatic carbocycles. The average molecular weight is 286 g/mol. The van der Waals surface area contributed by atoms with Crippen LogP contribution in [0.4, 0.5) is 0 Å². The number of nitrogens with one attached hydrogen (secondary N) is 1. The summed E-state index contributed by atoms with van der Waals surface area (Å²) in [6.45, 7) is 6.83. The van der Waals surface area contributed by atoms with Crippen molar-refractivity contribution in [3.63, 3.8) is 0 Å². The molecule has 2 nitrogen and oxygen atoms in total. The third-order valence-corrected chi connectivity index (χ3v) is 2.94. The molecule has 0 aliphatic rings. The van der Waals surface area contributed by atoms with Crippen LogP contribution in [-0.2, 0) is 4.74 Å². The Hall–Kier alpha value is -0.380. The summed E-state index contributed by atoms with van der Waals surface area (Å²) in [6, 6.07) is 8.78. The molecular formula is C13H20BrNO. The van der Waals surface area contributed by atoms with Crippen LogP contribution in [-0.4, -0.2) is 19.8 Å². The lowest BCUT2D eigenvalue weighted by Crippen LogP contribution is -2.23. The molecule has 0 heterocycles. The van der Waals surface area contributed by atoms with E-state index in [2.05, 4.69) is 59.4 Å². The van der Waals surface area contributed by atoms with Gasteiger partial charge in [-0.1, -0.05) is 35.0 Å². The molecule has 0 bridgehead atoms. The molecule has 0 aromatic heterocycles. The first-order chi connectivity index (χ1) is 7.74. The van der Waals surface area contributed by atoms with Gasteiger partial charge in [-0.3, -0.25) is 0 Å². The van der Waals surface area contributed by atoms with E-state index in [1.165, 1.54) is 5.56 Å². The van der Waals surface area contributed by atoms with E-state index in [9.17, 15) is 0 Å². The highest BCUT2D eigenvalue weighted by atomic mass is 79.9. The van der Waals surface area contributed by atoms with E-state index in [0.29, 0.717) is 6.04 Å². The van der Waals surface area contributed by atoms with Crippen molar-refractivity contribution in [1.29, 1.82) is 0 Å². The summed E-state index contributed by atoms with van der Waals surface area (Å²) in [5.74, 6) is 0. The SMILES string of the molecule is CCCOCCNC(C)c1ccc(Br)cc1. The molecule has 0 aliphatic heterocycles. The van der Waals surface area contributed by atoms with Gasteiger partial charge in [0.2, 0.25) is 0 Å². The van der Waals surface area contributed by atoms with Gasteiger partial charge in [-0.2, -0.15) is 0 Å². The second-order valence-electron chi connectivity index (χ2n) is 3.84. The van der Waals surface area contributed by atoms with E-state index < -0.39 is 0 Å². The van der Waals surface area contributed by atoms with Crippen molar-refractivity contribution in [2.75, 3.05) is 19.8 Å². The standard InChI is InChI=1S/C13H20BrNO/c1-3-9-16-10-8-15-11(2)12-4-6-13(14)7-5-12/h4-7,11,15H,3,8-10H2,1-2H3. The number of ether oxygens (including phenoxy) is 1. The van der Waals surface area contributed by atoms with Crippen LogP contribution < -0.4 is 5.32 Å². The van der Waals surface area contributed by atoms with Crippen LogP contribution in [0.5, 0.6) is 0 Å². The molecule has 1 atom stereocenters. The molecule has 0 saturated heterocycles. The number of hydrogen-bond donors (Lipinski definition) is 1. The lowest BCUT2D eigenvalue weighted by Gasteiger charge is -2.14. The third kappa shape index (κ3) is 5.10. The van der Waals surface area contributed by atoms with E-state index in [1.54, 1.807) is 0 Å². The van der Waals surface area contributed by atoms with Crippen molar-refractivity contribution in [3.8, 4) is 0 Å². The van der Waals surface area contributed by atoms with Crippen LogP contribution in [0, 0.1) is 0 Å². The molecule has 16 heavy (non-hydrogen) atoms. The quantitative estimate of drug-likeness (QED) is 0.774. The van der Waals surface area contributed by atoms with E-state index in [1.807, 2.05) is 0 Å². The molecule has 3 heteroatoms. The Morgan fingerprint density at radius 1 is 1.25 bits per heavy atom. The molecule has 1 unspecified atom stereocenters. The number of benzene rings is 1. The topological polar surface area (TPSA) is 21.3 Å². The zero-order chi connectivity index (χ0) is 11.8. The summed E-state index contributed by atoms with van der Waals surface area (Å²) in [7, 11) is 0. The summed E-state index contributed by atoms with van der Waals surface area (Å²) < 4.78 is 6.54. The molecule has 1 aromatic rings. The Kier molecular flexibility index (Phi) is 6.69. The summed E-state index contributed by atoms with van der Waals surface area (Å²) in [4.78, 5) is 0. The van der Waals surface area contributed by atoms with Gasteiger partial charge in [0, 0.05) is 23.7 Å². The van der Waals surface area contributed by atoms with Gasteiger partial charge in [0.05, 0.1) is 6.61 Å². The molecule has 0 spiro atoms. The number of rotatable bonds is 7. The fourth-order valence-corrected chi connectivity index (χ4v) is 1.73. The lowest BCUT2D eigenvalue weighted by molar-refractivity contribution is 0.135. The van der Waals surface area contributed by atoms with E-state index >= 15 is 0 Å². The molecule has 0 amide bonds. The minimum Gasteiger partial charge on any atom is -0.380 e. The van der Waals surface area contributed by atoms with Gasteiger partial charge in [0.1, 0.15) is 0 Å². The van der Waals surface area contributed by atoms with Crippen LogP contribution in [0.15, 0.2) is 28.7 Å². The Morgan fingerprint density at radius 3 is 2.56 bits per heavy atom. The van der Waals surface area contributed by atoms with Crippen molar-refractivity contribution in [2.45, 2.75) is 26.3 Å². The maximum atomic E-state index is 5.42. The first kappa shape index (κ1) is 13.7. The van der Waals surface area contributed by atoms with Gasteiger partial charge < -0.3 is 10.1 Å². The fraction of sp³-hybridized carbons (Fsp3) is 0.538. The van der Waals surface area contributed by atoms with E-state index in [-0.39, 0.29) is 0 Å². The third-order valence-electron chi connectivity index (χ3n) is 2.42. The van der Waals surface area contributed by atoms with Gasteiger partial charge in [0.15, 0.2) is 0 Å². The Labute approximate surface area is 107 Å². The van der Waals surface area contributed by atoms with Crippen LogP contribution in [0.25, 0.3) is 0 Å². The number of hydrogen-bond acceptors (Lipinski definition) is 2. The minimum absolute atomic E-state index is 0.373. The maximum Gasteiger partial charge on any atom is 0.0591 e. The summed E-state index contributed by atoms with van der Waals surface area (Å²) in [6.07, 6.45) is 1.09. The smallest absolute Gasteiger partial charge is 0.0591 e. The molecule has 0 aliphatic carbocycles. The van der Waals surface area contributed by atoms with Gasteiger partial charge in [0.25, 0.3) is 0 Å². The van der Waals surface area contributed by atoms with Gasteiger partial charge in [-0.25, -0.2) is 0 Å². The van der Waals surface area contributed by atoms with Gasteiger partial charge >= 0.3 is 0 Å². The minimum atomic E-state index is 0.373. The van der Waals surface area contributed by atoms with Crippen molar-refractivity contribution >= 4 is 15.9 Å². The van der Waals surface area contributed by atoms with Gasteiger partial charge in [-0.05, 0) is 31.0 Å². The highest BCUT2D eigenvalue weighted by Gasteiger charge is 2.03. The fourth-order valence-electron chi connectivity index (χ4n) is 1.46. The van der Waals surface area contributed by atoms with Crippen LogP contribution in [0.2, 0.25) is 0 Å². The van der Waals surface area contributed by atoms with E-state index in [4.69, 9.17) is 4.74 Å². The molecule has 1 rings (SSSR count). The highest BCUT2D eigenvalue weighted by molar-refractivity contribution is 9.10. The first-order valence-electron chi connectivity index (χ1n) is 5.80. The average Bonchev–Trinajstić information content (AvgIpc) is 2.29. The van der Waals surface area contributed by atoms with Crippen molar-refractivity contribution in [2.24, 2.45) is 0 Å². The zero-order valence-electron chi connectivity index (χ0n) is 10.0. The van der Waals surface area contributed by atoms with Crippen LogP contribution >= 0.6 is 15.9 Å². The molecule has 90 valence electrons. The highest BCUT2D eigenvalue weighted by Crippen LogP contribution is 2.16. The Bertz CT molecular complexity index is 286. The van der Waals surface area contributed by atoms with Crippen LogP contribution in [0.1, 0.15) is 31.9 Å². The molecule has 0 radical (unpaired) electrons. The second-order valence-corrected chi connectivity index (χ2v) is 4.76. The molecule has 1 N–H and O–H groups in total. The monoisotopic (exact) mass is 285 g/mol. The lowest BCUT2D eigenvalue weighted by atomic mass is 10.1. The second kappa shape index (κ2) is 7.82. The molecule has 0 fully saturated rings. The summed E-state index contributed by atoms with van der Waals surface area (Å²) in [5.41, 5.74) is 1.30. The predicted molar refractivity (Wildman–Crippen MR) is 71.7 cm³/mol. The summed E-state index contributed by atoms with van der Waals surface area (Å²) >= 11 is 3.44.